The monoisotopic (exact) mass is 889 g/mol. The summed E-state index contributed by atoms with van der Waals surface area (Å²) in [5.74, 6) is -2.30. The Hall–Kier alpha value is -6.76. The first-order valence-electron chi connectivity index (χ1n) is 20.9. The molecule has 2 heterocycles. The van der Waals surface area contributed by atoms with Crippen LogP contribution in [0.15, 0.2) is 193 Å². The van der Waals surface area contributed by atoms with Gasteiger partial charge in [0.05, 0.1) is 21.3 Å². The van der Waals surface area contributed by atoms with E-state index in [1.54, 1.807) is 51.1 Å². The molecule has 324 valence electrons. The summed E-state index contributed by atoms with van der Waals surface area (Å²) in [4.78, 5) is 58.8. The number of nitrogens with zero attached hydrogens (tertiary/aromatic N) is 1. The van der Waals surface area contributed by atoms with Crippen LogP contribution in [0.2, 0.25) is 0 Å². The maximum atomic E-state index is 15.2. The first-order valence-corrected chi connectivity index (χ1v) is 23.1. The second kappa shape index (κ2) is 18.9. The van der Waals surface area contributed by atoms with Crippen molar-refractivity contribution in [1.82, 2.24) is 15.5 Å². The normalized spacial score (nSPS) is 17.7. The van der Waals surface area contributed by atoms with Crippen molar-refractivity contribution in [2.75, 3.05) is 5.75 Å². The Bertz CT molecular complexity index is 2530. The zero-order chi connectivity index (χ0) is 44.8. The summed E-state index contributed by atoms with van der Waals surface area (Å²) in [6, 6.07) is 54.3. The van der Waals surface area contributed by atoms with E-state index >= 15 is 4.79 Å². The van der Waals surface area contributed by atoms with E-state index in [1.807, 2.05) is 152 Å². The van der Waals surface area contributed by atoms with Crippen molar-refractivity contribution < 1.29 is 32.9 Å². The number of hydrogen-bond acceptors (Lipinski definition) is 8. The molecule has 2 aliphatic rings. The molecule has 6 aromatic rings. The number of rotatable bonds is 13. The maximum absolute atomic E-state index is 15.2. The van der Waals surface area contributed by atoms with Crippen LogP contribution in [-0.4, -0.2) is 55.8 Å². The number of esters is 1. The second-order valence-corrected chi connectivity index (χ2v) is 19.2. The van der Waals surface area contributed by atoms with Gasteiger partial charge in [-0.05, 0) is 54.2 Å². The van der Waals surface area contributed by atoms with E-state index in [2.05, 4.69) is 10.6 Å². The first-order chi connectivity index (χ1) is 30.9. The molecule has 0 bridgehead atoms. The fourth-order valence-corrected chi connectivity index (χ4v) is 11.5. The number of carbonyl (C=O) groups is 4. The number of fused-ring (bicyclic) bond motifs is 1. The molecule has 8 rings (SSSR count). The number of carbonyl (C=O) groups excluding carboxylic acids is 4. The van der Waals surface area contributed by atoms with Gasteiger partial charge in [-0.25, -0.2) is 9.59 Å². The zero-order valence-corrected chi connectivity index (χ0v) is 37.1. The van der Waals surface area contributed by atoms with Crippen LogP contribution < -0.4 is 10.6 Å². The predicted octanol–water partition coefficient (Wildman–Crippen LogP) is 8.94. The lowest BCUT2D eigenvalue weighted by molar-refractivity contribution is -0.155. The fourth-order valence-electron chi connectivity index (χ4n) is 8.05. The third-order valence-corrected chi connectivity index (χ3v) is 14.3. The highest BCUT2D eigenvalue weighted by Gasteiger charge is 2.59. The Kier molecular flexibility index (Phi) is 13.0. The van der Waals surface area contributed by atoms with E-state index in [4.69, 9.17) is 9.47 Å². The number of benzene rings is 6. The molecule has 3 amide bonds. The van der Waals surface area contributed by atoms with E-state index in [9.17, 15) is 18.6 Å². The van der Waals surface area contributed by atoms with Gasteiger partial charge in [-0.15, -0.1) is 11.8 Å². The molecular formula is C52H47N3O7S2. The number of thioether (sulfide) groups is 1. The predicted molar refractivity (Wildman–Crippen MR) is 249 cm³/mol. The molecule has 0 aliphatic carbocycles. The van der Waals surface area contributed by atoms with Crippen molar-refractivity contribution in [2.45, 2.75) is 54.7 Å². The van der Waals surface area contributed by atoms with Gasteiger partial charge in [-0.3, -0.25) is 18.7 Å². The van der Waals surface area contributed by atoms with Crippen LogP contribution in [0.3, 0.4) is 0 Å². The molecule has 0 radical (unpaired) electrons. The van der Waals surface area contributed by atoms with Gasteiger partial charge in [0.15, 0.2) is 6.10 Å². The van der Waals surface area contributed by atoms with E-state index in [0.29, 0.717) is 21.6 Å². The largest absolute Gasteiger partial charge is 0.448 e. The molecule has 6 aromatic carbocycles. The fraction of sp³-hybridized carbons (Fsp3) is 0.192. The lowest BCUT2D eigenvalue weighted by atomic mass is 9.84. The minimum absolute atomic E-state index is 0.0550. The molecule has 0 saturated carbocycles. The molecule has 10 nitrogen and oxygen atoms in total. The number of amides is 3. The van der Waals surface area contributed by atoms with Crippen LogP contribution in [0.4, 0.5) is 4.79 Å². The van der Waals surface area contributed by atoms with Gasteiger partial charge in [0.2, 0.25) is 5.91 Å². The molecule has 1 saturated heterocycles. The Morgan fingerprint density at radius 3 is 1.52 bits per heavy atom. The number of β-lactam (4-membered cyclic amide) rings is 1. The zero-order valence-electron chi connectivity index (χ0n) is 35.5. The van der Waals surface area contributed by atoms with Crippen molar-refractivity contribution in [3.05, 3.63) is 226 Å². The number of nitrogens with one attached hydrogen (secondary N) is 2. The highest BCUT2D eigenvalue weighted by molar-refractivity contribution is 8.05. The summed E-state index contributed by atoms with van der Waals surface area (Å²) in [6.45, 7) is 5.12. The first kappa shape index (κ1) is 43.9. The Morgan fingerprint density at radius 2 is 1.08 bits per heavy atom. The molecule has 2 unspecified atom stereocenters. The van der Waals surface area contributed by atoms with E-state index < -0.39 is 68.6 Å². The molecular weight excluding hydrogens is 843 g/mol. The lowest BCUT2D eigenvalue weighted by Gasteiger charge is -2.50. The van der Waals surface area contributed by atoms with Crippen LogP contribution >= 0.6 is 11.8 Å². The average Bonchev–Trinajstić information content (AvgIpc) is 3.31. The lowest BCUT2D eigenvalue weighted by Crippen LogP contribution is -2.74. The van der Waals surface area contributed by atoms with Crippen molar-refractivity contribution in [1.29, 1.82) is 0 Å². The molecule has 1 fully saturated rings. The van der Waals surface area contributed by atoms with Crippen LogP contribution in [0.1, 0.15) is 66.3 Å². The van der Waals surface area contributed by atoms with Gasteiger partial charge in [-0.1, -0.05) is 182 Å². The van der Waals surface area contributed by atoms with Crippen molar-refractivity contribution in [3.8, 4) is 0 Å². The van der Waals surface area contributed by atoms with Crippen molar-refractivity contribution in [3.63, 3.8) is 0 Å². The number of ether oxygens (including phenoxy) is 2. The number of alkyl carbamates (subject to hydrolysis) is 1. The topological polar surface area (TPSA) is 131 Å². The van der Waals surface area contributed by atoms with Crippen LogP contribution in [0.25, 0.3) is 0 Å². The smallest absolute Gasteiger partial charge is 0.408 e. The molecule has 64 heavy (non-hydrogen) atoms. The van der Waals surface area contributed by atoms with Gasteiger partial charge >= 0.3 is 12.1 Å². The summed E-state index contributed by atoms with van der Waals surface area (Å²) in [5.41, 5.74) is 3.63. The Balaban J connectivity index is 1.23. The van der Waals surface area contributed by atoms with Gasteiger partial charge in [-0.2, -0.15) is 0 Å². The van der Waals surface area contributed by atoms with Crippen LogP contribution in [0.5, 0.6) is 0 Å². The second-order valence-electron chi connectivity index (χ2n) is 16.4. The minimum atomic E-state index is -1.84. The SMILES string of the molecule is CC(C)(C)OC(=O)NC(C(=O)N[C@@H]1C(=O)N2C(C(=O)OC(c3ccccc3)c3ccccc3)=C(SC(c3ccccc3)(c3ccccc3)c3ccccc3)CS(=O)[C@H]12)c1ccccc1. The van der Waals surface area contributed by atoms with E-state index in [-0.39, 0.29) is 11.4 Å². The summed E-state index contributed by atoms with van der Waals surface area (Å²) in [5, 5.41) is 4.29. The molecule has 0 spiro atoms. The molecule has 0 aromatic heterocycles. The summed E-state index contributed by atoms with van der Waals surface area (Å²) in [7, 11) is -1.84. The molecule has 4 atom stereocenters. The number of hydrogen-bond donors (Lipinski definition) is 2. The molecule has 12 heteroatoms. The van der Waals surface area contributed by atoms with Crippen LogP contribution in [-0.2, 0) is 39.4 Å². The van der Waals surface area contributed by atoms with Gasteiger partial charge in [0.25, 0.3) is 5.91 Å². The Morgan fingerprint density at radius 1 is 0.656 bits per heavy atom. The van der Waals surface area contributed by atoms with Crippen molar-refractivity contribution in [2.24, 2.45) is 0 Å². The quantitative estimate of drug-likeness (QED) is 0.0668. The minimum Gasteiger partial charge on any atom is -0.448 e. The van der Waals surface area contributed by atoms with Gasteiger partial charge in [0.1, 0.15) is 28.8 Å². The van der Waals surface area contributed by atoms with Gasteiger partial charge in [0, 0.05) is 4.91 Å². The highest BCUT2D eigenvalue weighted by Crippen LogP contribution is 2.54. The summed E-state index contributed by atoms with van der Waals surface area (Å²) < 4.78 is 25.8. The Labute approximate surface area is 379 Å². The van der Waals surface area contributed by atoms with Crippen LogP contribution in [0, 0.1) is 0 Å². The van der Waals surface area contributed by atoms with E-state index in [1.165, 1.54) is 16.7 Å². The molecule has 2 N–H and O–H groups in total. The average molecular weight is 890 g/mol. The maximum Gasteiger partial charge on any atom is 0.408 e. The third kappa shape index (κ3) is 9.15. The molecule has 2 aliphatic heterocycles. The summed E-state index contributed by atoms with van der Waals surface area (Å²) in [6.07, 6.45) is -1.70. The standard InChI is InChI=1S/C52H47N3O7S2/c1-51(2,3)62-50(59)54-42(35-22-10-4-11-23-35)46(56)53-43-47(57)55-44(49(58)61-45(36-24-12-5-13-25-36)37-26-14-6-15-27-37)41(34-64(60)48(43)55)63-52(38-28-16-7-17-29-38,39-30-18-8-19-31-39)40-32-20-9-21-33-40/h4-33,42-43,45,48H,34H2,1-3H3,(H,53,56)(H,54,59)/t42?,43-,48-,64?/m1/s1. The van der Waals surface area contributed by atoms with Gasteiger partial charge < -0.3 is 20.1 Å². The van der Waals surface area contributed by atoms with E-state index in [0.717, 1.165) is 16.7 Å². The van der Waals surface area contributed by atoms with Crippen molar-refractivity contribution >= 4 is 46.4 Å². The summed E-state index contributed by atoms with van der Waals surface area (Å²) >= 11 is 1.34. The third-order valence-electron chi connectivity index (χ3n) is 10.9. The highest BCUT2D eigenvalue weighted by atomic mass is 32.2.